The summed E-state index contributed by atoms with van der Waals surface area (Å²) in [5, 5.41) is 3.98. The Morgan fingerprint density at radius 3 is 2.93 bits per heavy atom. The van der Waals surface area contributed by atoms with Gasteiger partial charge in [-0.3, -0.25) is 0 Å². The summed E-state index contributed by atoms with van der Waals surface area (Å²) in [5.41, 5.74) is 1.11. The number of thiophene rings is 1. The third-order valence-corrected chi connectivity index (χ3v) is 3.73. The van der Waals surface area contributed by atoms with E-state index in [4.69, 9.17) is 16.3 Å². The summed E-state index contributed by atoms with van der Waals surface area (Å²) in [7, 11) is 0. The van der Waals surface area contributed by atoms with Crippen LogP contribution in [0.4, 0.5) is 0 Å². The van der Waals surface area contributed by atoms with E-state index in [0.29, 0.717) is 6.61 Å². The van der Waals surface area contributed by atoms with Crippen LogP contribution in [0.3, 0.4) is 0 Å². The maximum absolute atomic E-state index is 6.19. The highest BCUT2D eigenvalue weighted by molar-refractivity contribution is 7.18. The largest absolute Gasteiger partial charge is 0.492 e. The lowest BCUT2D eigenvalue weighted by Crippen LogP contribution is -1.89. The Morgan fingerprint density at radius 1 is 1.43 bits per heavy atom. The molecule has 2 rings (SSSR count). The molecule has 0 unspecified atom stereocenters. The number of aryl methyl sites for hydroxylation is 1. The maximum atomic E-state index is 6.19. The molecule has 0 aliphatic rings. The number of rotatable bonds is 2. The summed E-state index contributed by atoms with van der Waals surface area (Å²) < 4.78 is 6.63. The number of fused-ring (bicyclic) bond motifs is 1. The Balaban J connectivity index is 2.64. The first kappa shape index (κ1) is 9.81. The smallest absolute Gasteiger partial charge is 0.137 e. The van der Waals surface area contributed by atoms with E-state index in [0.717, 1.165) is 26.4 Å². The lowest BCUT2D eigenvalue weighted by molar-refractivity contribution is 0.345. The van der Waals surface area contributed by atoms with Crippen LogP contribution in [0.2, 0.25) is 5.02 Å². The Hall–Kier alpha value is -0.730. The SMILES string of the molecule is CCOc1csc2c(Cl)c(C)ccc12. The van der Waals surface area contributed by atoms with Gasteiger partial charge in [0, 0.05) is 10.8 Å². The minimum Gasteiger partial charge on any atom is -0.492 e. The molecular formula is C11H11ClOS. The topological polar surface area (TPSA) is 9.23 Å². The molecule has 2 aromatic rings. The number of hydrogen-bond acceptors (Lipinski definition) is 2. The van der Waals surface area contributed by atoms with Crippen LogP contribution >= 0.6 is 22.9 Å². The van der Waals surface area contributed by atoms with Crippen LogP contribution in [-0.4, -0.2) is 6.61 Å². The van der Waals surface area contributed by atoms with Crippen molar-refractivity contribution in [3.05, 3.63) is 28.1 Å². The van der Waals surface area contributed by atoms with Crippen molar-refractivity contribution in [1.82, 2.24) is 0 Å². The van der Waals surface area contributed by atoms with Gasteiger partial charge in [0.15, 0.2) is 0 Å². The lowest BCUT2D eigenvalue weighted by atomic mass is 10.2. The fourth-order valence-electron chi connectivity index (χ4n) is 1.41. The molecule has 0 amide bonds. The molecule has 1 heterocycles. The molecule has 0 bridgehead atoms. The molecule has 0 aliphatic carbocycles. The molecule has 0 saturated carbocycles. The monoisotopic (exact) mass is 226 g/mol. The van der Waals surface area contributed by atoms with Gasteiger partial charge in [-0.2, -0.15) is 0 Å². The van der Waals surface area contributed by atoms with Crippen LogP contribution in [0, 0.1) is 6.92 Å². The van der Waals surface area contributed by atoms with E-state index >= 15 is 0 Å². The van der Waals surface area contributed by atoms with E-state index in [-0.39, 0.29) is 0 Å². The molecule has 0 spiro atoms. The maximum Gasteiger partial charge on any atom is 0.137 e. The molecular weight excluding hydrogens is 216 g/mol. The fourth-order valence-corrected chi connectivity index (χ4v) is 2.69. The standard InChI is InChI=1S/C11H11ClOS/c1-3-13-9-6-14-11-8(9)5-4-7(2)10(11)12/h4-6H,3H2,1-2H3. The zero-order chi connectivity index (χ0) is 10.1. The van der Waals surface area contributed by atoms with E-state index in [1.54, 1.807) is 11.3 Å². The predicted molar refractivity (Wildman–Crippen MR) is 62.7 cm³/mol. The van der Waals surface area contributed by atoms with Crippen molar-refractivity contribution in [3.8, 4) is 5.75 Å². The third kappa shape index (κ3) is 1.49. The first-order chi connectivity index (χ1) is 6.74. The molecule has 0 fully saturated rings. The zero-order valence-electron chi connectivity index (χ0n) is 8.13. The van der Waals surface area contributed by atoms with Crippen molar-refractivity contribution in [1.29, 1.82) is 0 Å². The fraction of sp³-hybridized carbons (Fsp3) is 0.273. The zero-order valence-corrected chi connectivity index (χ0v) is 9.71. The highest BCUT2D eigenvalue weighted by atomic mass is 35.5. The second kappa shape index (κ2) is 3.79. The highest BCUT2D eigenvalue weighted by Crippen LogP contribution is 2.38. The van der Waals surface area contributed by atoms with Gasteiger partial charge in [-0.1, -0.05) is 17.7 Å². The Morgan fingerprint density at radius 2 is 2.21 bits per heavy atom. The van der Waals surface area contributed by atoms with Crippen LogP contribution in [0.1, 0.15) is 12.5 Å². The van der Waals surface area contributed by atoms with Gasteiger partial charge in [-0.15, -0.1) is 11.3 Å². The van der Waals surface area contributed by atoms with Crippen molar-refractivity contribution >= 4 is 33.0 Å². The molecule has 0 aliphatic heterocycles. The summed E-state index contributed by atoms with van der Waals surface area (Å²) >= 11 is 7.83. The van der Waals surface area contributed by atoms with E-state index in [2.05, 4.69) is 6.07 Å². The molecule has 0 atom stereocenters. The first-order valence-electron chi connectivity index (χ1n) is 4.53. The quantitative estimate of drug-likeness (QED) is 0.744. The minimum absolute atomic E-state index is 0.692. The van der Waals surface area contributed by atoms with E-state index in [1.807, 2.05) is 25.3 Å². The summed E-state index contributed by atoms with van der Waals surface area (Å²) in [4.78, 5) is 0. The number of halogens is 1. The van der Waals surface area contributed by atoms with Gasteiger partial charge in [0.1, 0.15) is 5.75 Å². The summed E-state index contributed by atoms with van der Waals surface area (Å²) in [6.45, 7) is 4.69. The Kier molecular flexibility index (Phi) is 2.66. The van der Waals surface area contributed by atoms with E-state index in [9.17, 15) is 0 Å². The molecule has 74 valence electrons. The average molecular weight is 227 g/mol. The van der Waals surface area contributed by atoms with Crippen molar-refractivity contribution in [2.75, 3.05) is 6.61 Å². The van der Waals surface area contributed by atoms with Gasteiger partial charge in [0.25, 0.3) is 0 Å². The van der Waals surface area contributed by atoms with Gasteiger partial charge in [-0.25, -0.2) is 0 Å². The molecule has 3 heteroatoms. The second-order valence-corrected chi connectivity index (χ2v) is 4.36. The third-order valence-electron chi connectivity index (χ3n) is 2.14. The molecule has 1 aromatic heterocycles. The van der Waals surface area contributed by atoms with E-state index < -0.39 is 0 Å². The predicted octanol–water partition coefficient (Wildman–Crippen LogP) is 4.26. The Bertz CT molecular complexity index is 462. The van der Waals surface area contributed by atoms with Crippen molar-refractivity contribution in [2.45, 2.75) is 13.8 Å². The van der Waals surface area contributed by atoms with Crippen LogP contribution in [0.25, 0.3) is 10.1 Å². The van der Waals surface area contributed by atoms with Crippen molar-refractivity contribution in [2.24, 2.45) is 0 Å². The molecule has 14 heavy (non-hydrogen) atoms. The molecule has 1 aromatic carbocycles. The average Bonchev–Trinajstić information content (AvgIpc) is 2.57. The van der Waals surface area contributed by atoms with Crippen LogP contribution in [-0.2, 0) is 0 Å². The van der Waals surface area contributed by atoms with Gasteiger partial charge in [0.2, 0.25) is 0 Å². The molecule has 0 saturated heterocycles. The van der Waals surface area contributed by atoms with E-state index in [1.165, 1.54) is 0 Å². The lowest BCUT2D eigenvalue weighted by Gasteiger charge is -2.02. The molecule has 0 N–H and O–H groups in total. The Labute approximate surface area is 92.3 Å². The summed E-state index contributed by atoms with van der Waals surface area (Å²) in [5.74, 6) is 0.939. The first-order valence-corrected chi connectivity index (χ1v) is 5.79. The van der Waals surface area contributed by atoms with Crippen molar-refractivity contribution in [3.63, 3.8) is 0 Å². The number of ether oxygens (including phenoxy) is 1. The normalized spacial score (nSPS) is 10.8. The van der Waals surface area contributed by atoms with Gasteiger partial charge < -0.3 is 4.74 Å². The number of hydrogen-bond donors (Lipinski definition) is 0. The summed E-state index contributed by atoms with van der Waals surface area (Å²) in [6.07, 6.45) is 0. The highest BCUT2D eigenvalue weighted by Gasteiger charge is 2.08. The van der Waals surface area contributed by atoms with Crippen LogP contribution in [0.5, 0.6) is 5.75 Å². The van der Waals surface area contributed by atoms with Gasteiger partial charge >= 0.3 is 0 Å². The van der Waals surface area contributed by atoms with Crippen molar-refractivity contribution < 1.29 is 4.74 Å². The van der Waals surface area contributed by atoms with Crippen LogP contribution < -0.4 is 4.74 Å². The van der Waals surface area contributed by atoms with Gasteiger partial charge in [0.05, 0.1) is 16.3 Å². The number of benzene rings is 1. The summed E-state index contributed by atoms with van der Waals surface area (Å²) in [6, 6.07) is 4.10. The molecule has 0 radical (unpaired) electrons. The second-order valence-electron chi connectivity index (χ2n) is 3.11. The van der Waals surface area contributed by atoms with Gasteiger partial charge in [-0.05, 0) is 25.5 Å². The van der Waals surface area contributed by atoms with Crippen LogP contribution in [0.15, 0.2) is 17.5 Å². The minimum atomic E-state index is 0.692. The molecule has 1 nitrogen and oxygen atoms in total.